The molecule has 4 aromatic carbocycles. The van der Waals surface area contributed by atoms with Crippen LogP contribution in [0.2, 0.25) is 0 Å². The van der Waals surface area contributed by atoms with Gasteiger partial charge in [-0.3, -0.25) is 4.79 Å². The van der Waals surface area contributed by atoms with Gasteiger partial charge in [0.2, 0.25) is 0 Å². The fourth-order valence-corrected chi connectivity index (χ4v) is 4.90. The van der Waals surface area contributed by atoms with E-state index in [9.17, 15) is 4.79 Å². The van der Waals surface area contributed by atoms with Gasteiger partial charge < -0.3 is 28.6 Å². The largest absolute Gasteiger partial charge is 0.493 e. The van der Waals surface area contributed by atoms with Crippen LogP contribution in [-0.2, 0) is 11.2 Å². The first-order valence-corrected chi connectivity index (χ1v) is 12.5. The Bertz CT molecular complexity index is 1440. The van der Waals surface area contributed by atoms with Crippen molar-refractivity contribution in [3.63, 3.8) is 0 Å². The lowest BCUT2D eigenvalue weighted by atomic mass is 9.92. The summed E-state index contributed by atoms with van der Waals surface area (Å²) < 4.78 is 28.7. The number of benzene rings is 4. The van der Waals surface area contributed by atoms with Gasteiger partial charge in [-0.15, -0.1) is 0 Å². The Kier molecular flexibility index (Phi) is 7.54. The molecule has 7 nitrogen and oxygen atoms in total. The van der Waals surface area contributed by atoms with Crippen LogP contribution in [0.1, 0.15) is 17.2 Å². The van der Waals surface area contributed by atoms with E-state index in [2.05, 4.69) is 0 Å². The summed E-state index contributed by atoms with van der Waals surface area (Å²) in [7, 11) is 4.83. The molecule has 0 radical (unpaired) electrons. The van der Waals surface area contributed by atoms with Crippen LogP contribution >= 0.6 is 0 Å². The summed E-state index contributed by atoms with van der Waals surface area (Å²) in [4.78, 5) is 15.4. The topological polar surface area (TPSA) is 66.5 Å². The number of amides is 1. The van der Waals surface area contributed by atoms with Crippen molar-refractivity contribution in [2.24, 2.45) is 0 Å². The van der Waals surface area contributed by atoms with Crippen LogP contribution in [0.4, 0.5) is 0 Å². The number of ether oxygens (including phenoxy) is 5. The third kappa shape index (κ3) is 5.18. The minimum absolute atomic E-state index is 0.0773. The maximum Gasteiger partial charge on any atom is 0.261 e. The first-order valence-electron chi connectivity index (χ1n) is 12.5. The molecular formula is C31H31NO6. The van der Waals surface area contributed by atoms with Gasteiger partial charge in [0.15, 0.2) is 29.6 Å². The van der Waals surface area contributed by atoms with Crippen molar-refractivity contribution in [1.82, 2.24) is 4.90 Å². The first-order chi connectivity index (χ1) is 18.6. The Morgan fingerprint density at radius 2 is 1.45 bits per heavy atom. The van der Waals surface area contributed by atoms with E-state index in [1.807, 2.05) is 83.8 Å². The zero-order chi connectivity index (χ0) is 26.5. The van der Waals surface area contributed by atoms with Gasteiger partial charge in [0.05, 0.1) is 27.4 Å². The molecule has 0 spiro atoms. The number of para-hydroxylation sites is 2. The molecule has 0 aliphatic carbocycles. The number of nitrogens with zero attached hydrogens (tertiary/aromatic N) is 1. The summed E-state index contributed by atoms with van der Waals surface area (Å²) >= 11 is 0. The first kappa shape index (κ1) is 25.3. The van der Waals surface area contributed by atoms with Crippen molar-refractivity contribution >= 4 is 16.7 Å². The summed E-state index contributed by atoms with van der Waals surface area (Å²) in [5.41, 5.74) is 2.05. The number of hydrogen-bond donors (Lipinski definition) is 0. The second-order valence-corrected chi connectivity index (χ2v) is 9.02. The van der Waals surface area contributed by atoms with Gasteiger partial charge in [-0.2, -0.15) is 0 Å². The molecule has 1 heterocycles. The van der Waals surface area contributed by atoms with Crippen molar-refractivity contribution in [3.8, 4) is 28.7 Å². The van der Waals surface area contributed by atoms with Gasteiger partial charge in [-0.25, -0.2) is 0 Å². The molecule has 0 N–H and O–H groups in total. The highest BCUT2D eigenvalue weighted by molar-refractivity contribution is 5.84. The number of carbonyl (C=O) groups excluding carboxylic acids is 1. The van der Waals surface area contributed by atoms with Crippen LogP contribution in [0, 0.1) is 0 Å². The summed E-state index contributed by atoms with van der Waals surface area (Å²) in [5.74, 6) is 3.05. The smallest absolute Gasteiger partial charge is 0.261 e. The highest BCUT2D eigenvalue weighted by Gasteiger charge is 2.33. The maximum absolute atomic E-state index is 13.5. The number of carbonyl (C=O) groups is 1. The SMILES string of the molecule is COc1cc2c(cc1OC)[C@@H](COc1ccccc1OC)N(C(=O)COc1ccc3ccccc3c1)CC2. The zero-order valence-electron chi connectivity index (χ0n) is 21.8. The molecule has 1 aliphatic rings. The number of methoxy groups -OCH3 is 3. The lowest BCUT2D eigenvalue weighted by Crippen LogP contribution is -2.44. The van der Waals surface area contributed by atoms with Gasteiger partial charge in [0.1, 0.15) is 12.4 Å². The third-order valence-electron chi connectivity index (χ3n) is 6.87. The number of fused-ring (bicyclic) bond motifs is 2. The Morgan fingerprint density at radius 3 is 2.21 bits per heavy atom. The molecule has 196 valence electrons. The second-order valence-electron chi connectivity index (χ2n) is 9.02. The standard InChI is InChI=1S/C31H31NO6/c1-34-27-10-6-7-11-28(27)38-19-26-25-18-30(36-3)29(35-2)17-23(25)14-15-32(26)31(33)20-37-24-13-12-21-8-4-5-9-22(21)16-24/h4-13,16-18,26H,14-15,19-20H2,1-3H3/t26-/m1/s1. The van der Waals surface area contributed by atoms with E-state index in [1.54, 1.807) is 21.3 Å². The molecule has 1 atom stereocenters. The average molecular weight is 514 g/mol. The third-order valence-corrected chi connectivity index (χ3v) is 6.87. The summed E-state index contributed by atoms with van der Waals surface area (Å²) in [6.07, 6.45) is 0.683. The van der Waals surface area contributed by atoms with Crippen LogP contribution in [0.25, 0.3) is 10.8 Å². The van der Waals surface area contributed by atoms with Crippen molar-refractivity contribution in [1.29, 1.82) is 0 Å². The molecule has 1 amide bonds. The van der Waals surface area contributed by atoms with Crippen molar-refractivity contribution in [2.75, 3.05) is 41.1 Å². The molecule has 0 saturated carbocycles. The van der Waals surface area contributed by atoms with Crippen molar-refractivity contribution in [2.45, 2.75) is 12.5 Å². The molecule has 5 rings (SSSR count). The molecule has 7 heteroatoms. The number of hydrogen-bond acceptors (Lipinski definition) is 6. The van der Waals surface area contributed by atoms with Crippen molar-refractivity contribution < 1.29 is 28.5 Å². The molecule has 0 saturated heterocycles. The highest BCUT2D eigenvalue weighted by Crippen LogP contribution is 2.39. The normalized spacial score (nSPS) is 14.5. The van der Waals surface area contributed by atoms with Gasteiger partial charge in [0.25, 0.3) is 5.91 Å². The predicted molar refractivity (Wildman–Crippen MR) is 146 cm³/mol. The van der Waals surface area contributed by atoms with Crippen LogP contribution in [0.15, 0.2) is 78.9 Å². The summed E-state index contributed by atoms with van der Waals surface area (Å²) in [6, 6.07) is 24.9. The van der Waals surface area contributed by atoms with E-state index in [0.29, 0.717) is 41.7 Å². The van der Waals surface area contributed by atoms with E-state index < -0.39 is 0 Å². The molecule has 0 bridgehead atoms. The molecular weight excluding hydrogens is 482 g/mol. The fraction of sp³-hybridized carbons (Fsp3) is 0.258. The summed E-state index contributed by atoms with van der Waals surface area (Å²) in [5, 5.41) is 2.19. The Hall–Kier alpha value is -4.39. The van der Waals surface area contributed by atoms with E-state index in [-0.39, 0.29) is 25.2 Å². The van der Waals surface area contributed by atoms with E-state index in [4.69, 9.17) is 23.7 Å². The monoisotopic (exact) mass is 513 g/mol. The average Bonchev–Trinajstić information content (AvgIpc) is 2.97. The van der Waals surface area contributed by atoms with E-state index in [1.165, 1.54) is 0 Å². The maximum atomic E-state index is 13.5. The Balaban J connectivity index is 1.40. The van der Waals surface area contributed by atoms with Crippen LogP contribution in [0.3, 0.4) is 0 Å². The second kappa shape index (κ2) is 11.3. The van der Waals surface area contributed by atoms with Crippen molar-refractivity contribution in [3.05, 3.63) is 90.0 Å². The molecule has 0 aromatic heterocycles. The minimum Gasteiger partial charge on any atom is -0.493 e. The molecule has 38 heavy (non-hydrogen) atoms. The molecule has 0 fully saturated rings. The van der Waals surface area contributed by atoms with Crippen LogP contribution in [0.5, 0.6) is 28.7 Å². The Morgan fingerprint density at radius 1 is 0.763 bits per heavy atom. The van der Waals surface area contributed by atoms with Gasteiger partial charge in [-0.05, 0) is 64.7 Å². The van der Waals surface area contributed by atoms with Gasteiger partial charge in [-0.1, -0.05) is 42.5 Å². The van der Waals surface area contributed by atoms with E-state index >= 15 is 0 Å². The quantitative estimate of drug-likeness (QED) is 0.297. The lowest BCUT2D eigenvalue weighted by molar-refractivity contribution is -0.137. The predicted octanol–water partition coefficient (Wildman–Crippen LogP) is 5.45. The van der Waals surface area contributed by atoms with Gasteiger partial charge in [0, 0.05) is 6.54 Å². The van der Waals surface area contributed by atoms with E-state index in [0.717, 1.165) is 21.9 Å². The van der Waals surface area contributed by atoms with Crippen LogP contribution < -0.4 is 23.7 Å². The minimum atomic E-state index is -0.351. The number of rotatable bonds is 9. The van der Waals surface area contributed by atoms with Crippen LogP contribution in [-0.4, -0.2) is 51.9 Å². The molecule has 0 unspecified atom stereocenters. The zero-order valence-corrected chi connectivity index (χ0v) is 21.8. The molecule has 4 aromatic rings. The molecule has 1 aliphatic heterocycles. The summed E-state index contributed by atoms with van der Waals surface area (Å²) in [6.45, 7) is 0.693. The Labute approximate surface area is 222 Å². The lowest BCUT2D eigenvalue weighted by Gasteiger charge is -2.37. The van der Waals surface area contributed by atoms with Gasteiger partial charge >= 0.3 is 0 Å². The fourth-order valence-electron chi connectivity index (χ4n) is 4.90. The highest BCUT2D eigenvalue weighted by atomic mass is 16.5.